The molecule has 0 aliphatic carbocycles. The van der Waals surface area contributed by atoms with Crippen molar-refractivity contribution in [2.45, 2.75) is 65.4 Å². The molecule has 31 heavy (non-hydrogen) atoms. The molecular weight excluding hydrogens is 415 g/mol. The monoisotopic (exact) mass is 447 g/mol. The van der Waals surface area contributed by atoms with E-state index in [4.69, 9.17) is 4.74 Å². The second-order valence-corrected chi connectivity index (χ2v) is 8.47. The molecule has 0 spiro atoms. The molecule has 0 aliphatic rings. The van der Waals surface area contributed by atoms with E-state index in [-0.39, 0.29) is 12.4 Å². The van der Waals surface area contributed by atoms with Gasteiger partial charge in [-0.25, -0.2) is 14.8 Å². The van der Waals surface area contributed by atoms with Crippen molar-refractivity contribution >= 4 is 12.1 Å². The number of aromatic nitrogens is 1. The highest BCUT2D eigenvalue weighted by molar-refractivity contribution is 5.80. The average molecular weight is 448 g/mol. The Hall–Kier alpha value is -2.72. The topological polar surface area (TPSA) is 96.9 Å². The van der Waals surface area contributed by atoms with Crippen LogP contribution < -0.4 is 20.7 Å². The molecule has 176 valence electrons. The molecule has 0 bridgehead atoms. The quantitative estimate of drug-likeness (QED) is 0.418. The molecule has 0 atom stereocenters. The number of alkyl carbamates (subject to hydrolysis) is 1. The Labute approximate surface area is 181 Å². The average Bonchev–Trinajstić information content (AvgIpc) is 2.60. The lowest BCUT2D eigenvalue weighted by atomic mass is 10.1. The molecule has 0 fully saturated rings. The van der Waals surface area contributed by atoms with Crippen LogP contribution in [0.4, 0.5) is 18.0 Å². The summed E-state index contributed by atoms with van der Waals surface area (Å²) in [4.78, 5) is 20.3. The van der Waals surface area contributed by atoms with Gasteiger partial charge in [0.25, 0.3) is 0 Å². The zero-order chi connectivity index (χ0) is 23.7. The van der Waals surface area contributed by atoms with Crippen LogP contribution in [0.3, 0.4) is 0 Å². The highest BCUT2D eigenvalue weighted by Crippen LogP contribution is 2.17. The van der Waals surface area contributed by atoms with Gasteiger partial charge in [0.15, 0.2) is 12.6 Å². The van der Waals surface area contributed by atoms with Crippen LogP contribution in [0.1, 0.15) is 47.1 Å². The molecule has 1 rings (SSSR count). The number of amides is 1. The summed E-state index contributed by atoms with van der Waals surface area (Å²) < 4.78 is 46.4. The van der Waals surface area contributed by atoms with E-state index in [1.807, 2.05) is 20.8 Å². The van der Waals surface area contributed by atoms with Crippen molar-refractivity contribution in [1.82, 2.24) is 20.9 Å². The van der Waals surface area contributed by atoms with E-state index >= 15 is 0 Å². The van der Waals surface area contributed by atoms with Gasteiger partial charge in [0.05, 0.1) is 12.1 Å². The maximum Gasteiger partial charge on any atom is 0.422 e. The van der Waals surface area contributed by atoms with E-state index in [1.165, 1.54) is 12.3 Å². The number of nitrogens with one attached hydrogen (secondary N) is 3. The standard InChI is InChI=1S/C20H32F3N5O3/c1-7-24-16(27-12-19(5,6)28-17(29)31-18(2,3)4)26-11-14-8-9-15(25-10-14)30-13-20(21,22)23/h8-10H,7,11-13H2,1-6H3,(H,28,29)(H2,24,26,27). The molecule has 1 heterocycles. The molecule has 1 aromatic heterocycles. The third-order valence-corrected chi connectivity index (χ3v) is 3.48. The van der Waals surface area contributed by atoms with E-state index in [0.29, 0.717) is 24.6 Å². The van der Waals surface area contributed by atoms with E-state index < -0.39 is 30.0 Å². The first-order chi connectivity index (χ1) is 14.2. The first-order valence-electron chi connectivity index (χ1n) is 9.87. The number of halogens is 3. The number of ether oxygens (including phenoxy) is 2. The van der Waals surface area contributed by atoms with Crippen molar-refractivity contribution < 1.29 is 27.4 Å². The molecule has 0 aromatic carbocycles. The number of carbonyl (C=O) groups is 1. The van der Waals surface area contributed by atoms with Crippen LogP contribution in [0.2, 0.25) is 0 Å². The normalized spacial score (nSPS) is 12.9. The Morgan fingerprint density at radius 2 is 1.81 bits per heavy atom. The van der Waals surface area contributed by atoms with Crippen molar-refractivity contribution in [3.05, 3.63) is 23.9 Å². The molecule has 0 unspecified atom stereocenters. The summed E-state index contributed by atoms with van der Waals surface area (Å²) in [6.45, 7) is 10.8. The summed E-state index contributed by atoms with van der Waals surface area (Å²) >= 11 is 0. The number of aliphatic imine (C=N–C) groups is 1. The van der Waals surface area contributed by atoms with Crippen molar-refractivity contribution in [3.8, 4) is 5.88 Å². The van der Waals surface area contributed by atoms with Gasteiger partial charge in [-0.05, 0) is 47.1 Å². The minimum atomic E-state index is -4.41. The fourth-order valence-electron chi connectivity index (χ4n) is 2.19. The largest absolute Gasteiger partial charge is 0.468 e. The number of hydrogen-bond acceptors (Lipinski definition) is 5. The summed E-state index contributed by atoms with van der Waals surface area (Å²) in [6.07, 6.45) is -3.52. The van der Waals surface area contributed by atoms with Gasteiger partial charge in [0, 0.05) is 25.4 Å². The van der Waals surface area contributed by atoms with Crippen molar-refractivity contribution in [2.24, 2.45) is 4.99 Å². The highest BCUT2D eigenvalue weighted by atomic mass is 19.4. The van der Waals surface area contributed by atoms with Crippen molar-refractivity contribution in [3.63, 3.8) is 0 Å². The molecule has 3 N–H and O–H groups in total. The van der Waals surface area contributed by atoms with Gasteiger partial charge in [-0.1, -0.05) is 6.07 Å². The molecular formula is C20H32F3N5O3. The van der Waals surface area contributed by atoms with Gasteiger partial charge in [0.1, 0.15) is 5.60 Å². The third kappa shape index (κ3) is 12.5. The second-order valence-electron chi connectivity index (χ2n) is 8.47. The molecule has 0 saturated heterocycles. The smallest absolute Gasteiger partial charge is 0.422 e. The maximum atomic E-state index is 12.2. The summed E-state index contributed by atoms with van der Waals surface area (Å²) in [6, 6.07) is 2.96. The molecule has 1 amide bonds. The molecule has 8 nitrogen and oxygen atoms in total. The van der Waals surface area contributed by atoms with Gasteiger partial charge >= 0.3 is 12.3 Å². The lowest BCUT2D eigenvalue weighted by molar-refractivity contribution is -0.154. The minimum absolute atomic E-state index is 0.106. The van der Waals surface area contributed by atoms with Gasteiger partial charge < -0.3 is 25.4 Å². The number of nitrogens with zero attached hydrogens (tertiary/aromatic N) is 2. The predicted octanol–water partition coefficient (Wildman–Crippen LogP) is 3.38. The van der Waals surface area contributed by atoms with Crippen LogP contribution in [-0.4, -0.2) is 54.0 Å². The number of alkyl halides is 3. The Kier molecular flexibility index (Phi) is 9.39. The fourth-order valence-corrected chi connectivity index (χ4v) is 2.19. The first kappa shape index (κ1) is 26.3. The molecule has 0 radical (unpaired) electrons. The lowest BCUT2D eigenvalue weighted by Gasteiger charge is -2.29. The Morgan fingerprint density at radius 1 is 1.13 bits per heavy atom. The Balaban J connectivity index is 2.63. The Morgan fingerprint density at radius 3 is 2.32 bits per heavy atom. The zero-order valence-electron chi connectivity index (χ0n) is 18.8. The van der Waals surface area contributed by atoms with Crippen LogP contribution in [0, 0.1) is 0 Å². The first-order valence-corrected chi connectivity index (χ1v) is 9.87. The van der Waals surface area contributed by atoms with Crippen LogP contribution in [0.5, 0.6) is 5.88 Å². The van der Waals surface area contributed by atoms with E-state index in [0.717, 1.165) is 0 Å². The summed E-state index contributed by atoms with van der Waals surface area (Å²) in [7, 11) is 0. The van der Waals surface area contributed by atoms with Crippen LogP contribution in [0.15, 0.2) is 23.3 Å². The van der Waals surface area contributed by atoms with Gasteiger partial charge in [-0.15, -0.1) is 0 Å². The maximum absolute atomic E-state index is 12.2. The van der Waals surface area contributed by atoms with Crippen LogP contribution in [-0.2, 0) is 11.3 Å². The van der Waals surface area contributed by atoms with E-state index in [1.54, 1.807) is 26.8 Å². The van der Waals surface area contributed by atoms with Gasteiger partial charge in [-0.2, -0.15) is 13.2 Å². The zero-order valence-corrected chi connectivity index (χ0v) is 18.8. The molecule has 0 saturated carbocycles. The number of hydrogen-bond donors (Lipinski definition) is 3. The number of rotatable bonds is 8. The van der Waals surface area contributed by atoms with Crippen molar-refractivity contribution in [1.29, 1.82) is 0 Å². The lowest BCUT2D eigenvalue weighted by Crippen LogP contribution is -2.54. The summed E-state index contributed by atoms with van der Waals surface area (Å²) in [5, 5.41) is 9.04. The highest BCUT2D eigenvalue weighted by Gasteiger charge is 2.28. The predicted molar refractivity (Wildman–Crippen MR) is 112 cm³/mol. The van der Waals surface area contributed by atoms with Gasteiger partial charge in [0.2, 0.25) is 5.88 Å². The Bertz CT molecular complexity index is 729. The van der Waals surface area contributed by atoms with Gasteiger partial charge in [-0.3, -0.25) is 0 Å². The van der Waals surface area contributed by atoms with Crippen LogP contribution in [0.25, 0.3) is 0 Å². The fraction of sp³-hybridized carbons (Fsp3) is 0.650. The second kappa shape index (κ2) is 11.1. The summed E-state index contributed by atoms with van der Waals surface area (Å²) in [5.74, 6) is 0.406. The van der Waals surface area contributed by atoms with Crippen LogP contribution >= 0.6 is 0 Å². The number of pyridine rings is 1. The van der Waals surface area contributed by atoms with Crippen molar-refractivity contribution in [2.75, 3.05) is 19.7 Å². The molecule has 0 aliphatic heterocycles. The summed E-state index contributed by atoms with van der Waals surface area (Å²) in [5.41, 5.74) is -0.509. The number of carbonyl (C=O) groups excluding carboxylic acids is 1. The number of guanidine groups is 1. The SMILES string of the molecule is CCNC(=NCc1ccc(OCC(F)(F)F)nc1)NCC(C)(C)NC(=O)OC(C)(C)C. The minimum Gasteiger partial charge on any atom is -0.468 e. The molecule has 11 heteroatoms. The molecule has 1 aromatic rings. The van der Waals surface area contributed by atoms with E-state index in [2.05, 4.69) is 30.7 Å². The van der Waals surface area contributed by atoms with E-state index in [9.17, 15) is 18.0 Å². The third-order valence-electron chi connectivity index (χ3n) is 3.48.